The van der Waals surface area contributed by atoms with E-state index in [0.29, 0.717) is 5.75 Å². The topological polar surface area (TPSA) is 143 Å². The highest BCUT2D eigenvalue weighted by molar-refractivity contribution is 7.92. The molecule has 11 nitrogen and oxygen atoms in total. The van der Waals surface area contributed by atoms with E-state index >= 15 is 0 Å². The highest BCUT2D eigenvalue weighted by Crippen LogP contribution is 2.32. The number of methoxy groups -OCH3 is 1. The summed E-state index contributed by atoms with van der Waals surface area (Å²) in [5.41, 5.74) is 1.15. The Morgan fingerprint density at radius 3 is 2.28 bits per heavy atom. The fourth-order valence-electron chi connectivity index (χ4n) is 4.71. The summed E-state index contributed by atoms with van der Waals surface area (Å²) in [6.07, 6.45) is -0.674. The van der Waals surface area contributed by atoms with E-state index in [0.717, 1.165) is 5.56 Å². The highest BCUT2D eigenvalue weighted by atomic mass is 32.2. The maximum absolute atomic E-state index is 13.7. The maximum atomic E-state index is 13.7. The molecule has 0 bridgehead atoms. The lowest BCUT2D eigenvalue weighted by Gasteiger charge is -2.38. The minimum Gasteiger partial charge on any atom is -0.497 e. The number of anilines is 1. The van der Waals surface area contributed by atoms with Gasteiger partial charge in [0.05, 0.1) is 41.7 Å². The molecule has 0 saturated carbocycles. The second-order valence-corrected chi connectivity index (χ2v) is 14.4. The van der Waals surface area contributed by atoms with Crippen LogP contribution in [-0.4, -0.2) is 83.1 Å². The lowest BCUT2D eigenvalue weighted by atomic mass is 9.99. The molecule has 1 aliphatic rings. The van der Waals surface area contributed by atoms with Gasteiger partial charge in [-0.2, -0.15) is 4.31 Å². The van der Waals surface area contributed by atoms with Gasteiger partial charge in [0.15, 0.2) is 0 Å². The summed E-state index contributed by atoms with van der Waals surface area (Å²) >= 11 is 0. The van der Waals surface area contributed by atoms with Crippen LogP contribution in [-0.2, 0) is 20.0 Å². The van der Waals surface area contributed by atoms with Gasteiger partial charge in [0, 0.05) is 25.2 Å². The van der Waals surface area contributed by atoms with Gasteiger partial charge in [0.2, 0.25) is 10.0 Å². The Labute approximate surface area is 253 Å². The quantitative estimate of drug-likeness (QED) is 0.347. The van der Waals surface area contributed by atoms with Gasteiger partial charge in [-0.3, -0.25) is 9.52 Å². The summed E-state index contributed by atoms with van der Waals surface area (Å²) in [6, 6.07) is 16.2. The van der Waals surface area contributed by atoms with E-state index in [1.54, 1.807) is 31.2 Å². The van der Waals surface area contributed by atoms with Crippen molar-refractivity contribution in [2.24, 2.45) is 5.92 Å². The number of aryl methyl sites for hydroxylation is 1. The molecule has 3 aromatic rings. The van der Waals surface area contributed by atoms with Crippen LogP contribution in [0.2, 0.25) is 0 Å². The molecule has 0 spiro atoms. The Hall–Kier alpha value is -3.65. The fourth-order valence-corrected chi connectivity index (χ4v) is 6.95. The smallest absolute Gasteiger partial charge is 0.261 e. The van der Waals surface area contributed by atoms with Crippen LogP contribution in [0.1, 0.15) is 29.8 Å². The third-order valence-electron chi connectivity index (χ3n) is 7.45. The molecule has 3 aromatic carbocycles. The summed E-state index contributed by atoms with van der Waals surface area (Å²) in [7, 11) is -4.88. The van der Waals surface area contributed by atoms with Gasteiger partial charge in [0.25, 0.3) is 15.9 Å². The van der Waals surface area contributed by atoms with Crippen molar-refractivity contribution in [1.29, 1.82) is 0 Å². The monoisotopic (exact) mass is 631 g/mol. The number of amides is 1. The first-order valence-electron chi connectivity index (χ1n) is 13.7. The predicted octanol–water partition coefficient (Wildman–Crippen LogP) is 3.35. The molecule has 0 unspecified atom stereocenters. The van der Waals surface area contributed by atoms with Crippen LogP contribution >= 0.6 is 0 Å². The Morgan fingerprint density at radius 2 is 1.67 bits per heavy atom. The Kier molecular flexibility index (Phi) is 9.70. The number of aliphatic hydroxyl groups is 1. The second-order valence-electron chi connectivity index (χ2n) is 10.7. The van der Waals surface area contributed by atoms with Gasteiger partial charge < -0.3 is 19.5 Å². The number of sulfonamides is 2. The number of rotatable bonds is 10. The molecule has 13 heteroatoms. The normalized spacial score (nSPS) is 18.3. The molecular weight excluding hydrogens is 594 g/mol. The zero-order chi connectivity index (χ0) is 31.5. The van der Waals surface area contributed by atoms with Crippen LogP contribution in [0.3, 0.4) is 0 Å². The number of fused-ring (bicyclic) bond motifs is 1. The SMILES string of the molecule is COc1ccc(S(=O)(=O)Nc2ccc3c(c2)C(=O)N([C@H](C)CO)C[C@H](C)[C@@H](CN(C)S(=O)(=O)c2ccc(C)cc2)O3)cc1. The van der Waals surface area contributed by atoms with Crippen molar-refractivity contribution >= 4 is 31.6 Å². The Morgan fingerprint density at radius 1 is 1.05 bits per heavy atom. The minimum absolute atomic E-state index is 0.00450. The summed E-state index contributed by atoms with van der Waals surface area (Å²) in [4.78, 5) is 15.4. The molecule has 232 valence electrons. The van der Waals surface area contributed by atoms with Crippen molar-refractivity contribution in [1.82, 2.24) is 9.21 Å². The van der Waals surface area contributed by atoms with E-state index in [4.69, 9.17) is 9.47 Å². The molecule has 0 aromatic heterocycles. The van der Waals surface area contributed by atoms with Crippen LogP contribution in [0.4, 0.5) is 5.69 Å². The van der Waals surface area contributed by atoms with E-state index in [9.17, 15) is 26.7 Å². The number of likely N-dealkylation sites (N-methyl/N-ethyl adjacent to an activating group) is 1. The standard InChI is InChI=1S/C30H37N3O8S2/c1-20-6-11-26(12-7-20)43(38,39)32(4)18-29-21(2)17-33(22(3)19-34)30(35)27-16-23(8-15-28(27)41-29)31-42(36,37)25-13-9-24(40-5)10-14-25/h6-16,21-22,29,31,34H,17-19H2,1-5H3/t21-,22+,29+/m0/s1. The summed E-state index contributed by atoms with van der Waals surface area (Å²) in [5, 5.41) is 9.92. The predicted molar refractivity (Wildman–Crippen MR) is 162 cm³/mol. The summed E-state index contributed by atoms with van der Waals surface area (Å²) < 4.78 is 67.9. The molecule has 0 aliphatic carbocycles. The molecule has 0 radical (unpaired) electrons. The first-order chi connectivity index (χ1) is 20.3. The second kappa shape index (κ2) is 12.9. The van der Waals surface area contributed by atoms with Crippen LogP contribution in [0.25, 0.3) is 0 Å². The Balaban J connectivity index is 1.67. The van der Waals surface area contributed by atoms with Crippen LogP contribution in [0.5, 0.6) is 11.5 Å². The zero-order valence-electron chi connectivity index (χ0n) is 24.7. The van der Waals surface area contributed by atoms with Crippen molar-refractivity contribution < 1.29 is 36.2 Å². The number of nitrogens with zero attached hydrogens (tertiary/aromatic N) is 2. The van der Waals surface area contributed by atoms with E-state index < -0.39 is 38.1 Å². The number of carbonyl (C=O) groups excluding carboxylic acids is 1. The van der Waals surface area contributed by atoms with Gasteiger partial charge in [-0.05, 0) is 68.4 Å². The largest absolute Gasteiger partial charge is 0.497 e. The number of nitrogens with one attached hydrogen (secondary N) is 1. The fraction of sp³-hybridized carbons (Fsp3) is 0.367. The molecule has 43 heavy (non-hydrogen) atoms. The highest BCUT2D eigenvalue weighted by Gasteiger charge is 2.35. The lowest BCUT2D eigenvalue weighted by Crippen LogP contribution is -2.50. The lowest BCUT2D eigenvalue weighted by molar-refractivity contribution is 0.0387. The van der Waals surface area contributed by atoms with Crippen molar-refractivity contribution in [3.05, 3.63) is 77.9 Å². The molecule has 4 rings (SSSR count). The maximum Gasteiger partial charge on any atom is 0.261 e. The first kappa shape index (κ1) is 32.3. The average Bonchev–Trinajstić information content (AvgIpc) is 2.98. The molecule has 3 atom stereocenters. The van der Waals surface area contributed by atoms with Crippen molar-refractivity contribution in [3.63, 3.8) is 0 Å². The van der Waals surface area contributed by atoms with E-state index in [1.807, 2.05) is 13.8 Å². The molecule has 1 aliphatic heterocycles. The van der Waals surface area contributed by atoms with Gasteiger partial charge in [-0.15, -0.1) is 0 Å². The van der Waals surface area contributed by atoms with Gasteiger partial charge >= 0.3 is 0 Å². The average molecular weight is 632 g/mol. The number of benzene rings is 3. The van der Waals surface area contributed by atoms with Crippen molar-refractivity contribution in [2.75, 3.05) is 38.6 Å². The number of ether oxygens (including phenoxy) is 2. The number of hydrogen-bond acceptors (Lipinski definition) is 8. The molecule has 1 heterocycles. The van der Waals surface area contributed by atoms with Crippen LogP contribution in [0.15, 0.2) is 76.5 Å². The molecule has 0 fully saturated rings. The number of aliphatic hydroxyl groups excluding tert-OH is 1. The molecule has 0 saturated heterocycles. The third-order valence-corrected chi connectivity index (χ3v) is 10.7. The minimum atomic E-state index is -4.00. The van der Waals surface area contributed by atoms with Crippen LogP contribution in [0, 0.1) is 12.8 Å². The van der Waals surface area contributed by atoms with Gasteiger partial charge in [-0.1, -0.05) is 24.6 Å². The van der Waals surface area contributed by atoms with Crippen molar-refractivity contribution in [2.45, 2.75) is 42.7 Å². The van der Waals surface area contributed by atoms with Gasteiger partial charge in [0.1, 0.15) is 17.6 Å². The Bertz CT molecular complexity index is 1660. The van der Waals surface area contributed by atoms with E-state index in [1.165, 1.54) is 65.8 Å². The van der Waals surface area contributed by atoms with E-state index in [2.05, 4.69) is 4.72 Å². The molecule has 1 amide bonds. The number of carbonyl (C=O) groups is 1. The van der Waals surface area contributed by atoms with Gasteiger partial charge in [-0.25, -0.2) is 16.8 Å². The third kappa shape index (κ3) is 7.12. The van der Waals surface area contributed by atoms with Crippen molar-refractivity contribution in [3.8, 4) is 11.5 Å². The molecular formula is C30H37N3O8S2. The van der Waals surface area contributed by atoms with Crippen LogP contribution < -0.4 is 14.2 Å². The zero-order valence-corrected chi connectivity index (χ0v) is 26.4. The van der Waals surface area contributed by atoms with E-state index in [-0.39, 0.29) is 52.4 Å². The number of hydrogen-bond donors (Lipinski definition) is 2. The summed E-state index contributed by atoms with van der Waals surface area (Å²) in [5.74, 6) is -0.102. The molecule has 2 N–H and O–H groups in total. The summed E-state index contributed by atoms with van der Waals surface area (Å²) in [6.45, 7) is 5.28. The first-order valence-corrected chi connectivity index (χ1v) is 16.6.